The molecule has 0 atom stereocenters. The molecule has 2 heteroatoms. The molecular weight excluding hydrogens is 146 g/mol. The van der Waals surface area contributed by atoms with E-state index < -0.39 is 6.43 Å². The van der Waals surface area contributed by atoms with Crippen molar-refractivity contribution >= 4 is 0 Å². The van der Waals surface area contributed by atoms with Gasteiger partial charge >= 0.3 is 0 Å². The third-order valence-electron chi connectivity index (χ3n) is 1.68. The van der Waals surface area contributed by atoms with Crippen LogP contribution in [0.15, 0.2) is 12.1 Å². The number of aryl methyl sites for hydroxylation is 2. The van der Waals surface area contributed by atoms with E-state index in [0.29, 0.717) is 0 Å². The maximum absolute atomic E-state index is 12.1. The lowest BCUT2D eigenvalue weighted by Gasteiger charge is -2.12. The van der Waals surface area contributed by atoms with E-state index in [1.807, 2.05) is 6.92 Å². The molecule has 0 nitrogen and oxygen atoms in total. The van der Waals surface area contributed by atoms with Gasteiger partial charge in [-0.2, -0.15) is 29.3 Å². The van der Waals surface area contributed by atoms with Gasteiger partial charge in [0.15, 0.2) is 0 Å². The average molecular weight is 155 g/mol. The van der Waals surface area contributed by atoms with Crippen molar-refractivity contribution in [1.29, 1.82) is 0 Å². The van der Waals surface area contributed by atoms with Crippen LogP contribution in [0.3, 0.4) is 0 Å². The van der Waals surface area contributed by atoms with Gasteiger partial charge in [-0.05, 0) is 0 Å². The summed E-state index contributed by atoms with van der Waals surface area (Å²) in [7, 11) is 0. The first-order valence-corrected chi connectivity index (χ1v) is 3.38. The zero-order valence-electron chi connectivity index (χ0n) is 6.49. The van der Waals surface area contributed by atoms with Crippen LogP contribution in [0.2, 0.25) is 0 Å². The van der Waals surface area contributed by atoms with Crippen molar-refractivity contribution in [2.45, 2.75) is 20.3 Å². The molecule has 1 aromatic rings. The first-order chi connectivity index (χ1) is 5.11. The van der Waals surface area contributed by atoms with Crippen LogP contribution in [0.4, 0.5) is 8.78 Å². The molecule has 1 rings (SSSR count). The molecule has 0 saturated carbocycles. The lowest BCUT2D eigenvalue weighted by Crippen LogP contribution is -1.87. The molecule has 0 aliphatic rings. The molecule has 60 valence electrons. The molecule has 0 spiro atoms. The van der Waals surface area contributed by atoms with Gasteiger partial charge in [0.2, 0.25) is 6.43 Å². The zero-order chi connectivity index (χ0) is 8.43. The van der Waals surface area contributed by atoms with E-state index in [0.717, 1.165) is 11.1 Å². The summed E-state index contributed by atoms with van der Waals surface area (Å²) in [6.45, 7) is 3.66. The molecule has 0 aliphatic heterocycles. The minimum Gasteiger partial charge on any atom is -0.219 e. The van der Waals surface area contributed by atoms with Gasteiger partial charge in [-0.15, -0.1) is 0 Å². The van der Waals surface area contributed by atoms with E-state index in [-0.39, 0.29) is 5.56 Å². The Hall–Kier alpha value is -0.920. The molecule has 0 saturated heterocycles. The fraction of sp³-hybridized carbons (Fsp3) is 0.333. The third-order valence-corrected chi connectivity index (χ3v) is 1.68. The Morgan fingerprint density at radius 3 is 2.45 bits per heavy atom. The topological polar surface area (TPSA) is 0 Å². The number of rotatable bonds is 1. The second-order valence-corrected chi connectivity index (χ2v) is 2.54. The lowest BCUT2D eigenvalue weighted by molar-refractivity contribution is 0.151. The smallest absolute Gasteiger partial charge is 0.219 e. The Bertz CT molecular complexity index is 254. The molecular formula is C9H9F2-. The molecule has 11 heavy (non-hydrogen) atoms. The molecule has 0 radical (unpaired) electrons. The Balaban J connectivity index is 3.05. The first kappa shape index (κ1) is 8.18. The van der Waals surface area contributed by atoms with Crippen LogP contribution in [-0.2, 0) is 0 Å². The predicted octanol–water partition coefficient (Wildman–Crippen LogP) is 3.04. The van der Waals surface area contributed by atoms with Crippen molar-refractivity contribution in [2.24, 2.45) is 0 Å². The summed E-state index contributed by atoms with van der Waals surface area (Å²) in [6.07, 6.45) is -2.38. The van der Waals surface area contributed by atoms with Crippen LogP contribution in [0.1, 0.15) is 23.1 Å². The molecule has 0 heterocycles. The standard InChI is InChI=1S/C9H9F2/c1-6-3-4-8(9(10)11)5-7(6)2/h4-5,9H,1-2H3/q-1. The number of benzene rings is 1. The SMILES string of the molecule is Cc1[c-]cc(C(F)F)cc1C. The van der Waals surface area contributed by atoms with E-state index in [2.05, 4.69) is 6.07 Å². The Morgan fingerprint density at radius 1 is 1.36 bits per heavy atom. The number of hydrogen-bond acceptors (Lipinski definition) is 0. The van der Waals surface area contributed by atoms with Crippen molar-refractivity contribution in [1.82, 2.24) is 0 Å². The van der Waals surface area contributed by atoms with Crippen LogP contribution in [-0.4, -0.2) is 0 Å². The van der Waals surface area contributed by atoms with Gasteiger partial charge in [0, 0.05) is 0 Å². The molecule has 0 amide bonds. The second-order valence-electron chi connectivity index (χ2n) is 2.54. The maximum atomic E-state index is 12.1. The van der Waals surface area contributed by atoms with Gasteiger partial charge in [0.25, 0.3) is 0 Å². The van der Waals surface area contributed by atoms with E-state index >= 15 is 0 Å². The highest BCUT2D eigenvalue weighted by Gasteiger charge is 1.98. The van der Waals surface area contributed by atoms with E-state index in [1.165, 1.54) is 12.1 Å². The van der Waals surface area contributed by atoms with Gasteiger partial charge in [-0.3, -0.25) is 0 Å². The number of halogens is 2. The minimum absolute atomic E-state index is 0.0492. The van der Waals surface area contributed by atoms with Crippen molar-refractivity contribution in [3.05, 3.63) is 34.9 Å². The van der Waals surface area contributed by atoms with Gasteiger partial charge in [0.05, 0.1) is 0 Å². The first-order valence-electron chi connectivity index (χ1n) is 3.38. The highest BCUT2D eigenvalue weighted by Crippen LogP contribution is 2.20. The Morgan fingerprint density at radius 2 is 2.00 bits per heavy atom. The van der Waals surface area contributed by atoms with Gasteiger partial charge in [0.1, 0.15) is 0 Å². The summed E-state index contributed by atoms with van der Waals surface area (Å²) in [5, 5.41) is 0. The summed E-state index contributed by atoms with van der Waals surface area (Å²) in [6, 6.07) is 5.61. The molecule has 1 aromatic carbocycles. The molecule has 0 unspecified atom stereocenters. The van der Waals surface area contributed by atoms with E-state index in [9.17, 15) is 8.78 Å². The van der Waals surface area contributed by atoms with Crippen LogP contribution < -0.4 is 0 Å². The quantitative estimate of drug-likeness (QED) is 0.547. The zero-order valence-corrected chi connectivity index (χ0v) is 6.49. The van der Waals surface area contributed by atoms with Crippen molar-refractivity contribution < 1.29 is 8.78 Å². The maximum Gasteiger partial charge on any atom is 0.221 e. The lowest BCUT2D eigenvalue weighted by atomic mass is 10.1. The van der Waals surface area contributed by atoms with Crippen molar-refractivity contribution in [3.8, 4) is 0 Å². The summed E-state index contributed by atoms with van der Waals surface area (Å²) >= 11 is 0. The molecule has 0 aromatic heterocycles. The van der Waals surface area contributed by atoms with E-state index in [1.54, 1.807) is 6.92 Å². The summed E-state index contributed by atoms with van der Waals surface area (Å²) in [5.41, 5.74) is 1.84. The fourth-order valence-corrected chi connectivity index (χ4v) is 0.831. The van der Waals surface area contributed by atoms with E-state index in [4.69, 9.17) is 0 Å². The Labute approximate surface area is 64.9 Å². The largest absolute Gasteiger partial charge is 0.221 e. The monoisotopic (exact) mass is 155 g/mol. The molecule has 0 fully saturated rings. The number of alkyl halides is 2. The average Bonchev–Trinajstić information content (AvgIpc) is 1.94. The van der Waals surface area contributed by atoms with Gasteiger partial charge < -0.3 is 0 Å². The summed E-state index contributed by atoms with van der Waals surface area (Å²) in [4.78, 5) is 0. The summed E-state index contributed by atoms with van der Waals surface area (Å²) < 4.78 is 24.1. The third kappa shape index (κ3) is 1.76. The highest BCUT2D eigenvalue weighted by molar-refractivity contribution is 5.29. The van der Waals surface area contributed by atoms with Crippen LogP contribution in [0, 0.1) is 19.9 Å². The van der Waals surface area contributed by atoms with Crippen molar-refractivity contribution in [2.75, 3.05) is 0 Å². The highest BCUT2D eigenvalue weighted by atomic mass is 19.3. The fourth-order valence-electron chi connectivity index (χ4n) is 0.831. The van der Waals surface area contributed by atoms with Crippen LogP contribution in [0.5, 0.6) is 0 Å². The second kappa shape index (κ2) is 2.99. The normalized spacial score (nSPS) is 10.6. The molecule has 0 aliphatic carbocycles. The van der Waals surface area contributed by atoms with Crippen molar-refractivity contribution in [3.63, 3.8) is 0 Å². The summed E-state index contributed by atoms with van der Waals surface area (Å²) in [5.74, 6) is 0. The minimum atomic E-state index is -2.38. The van der Waals surface area contributed by atoms with Crippen LogP contribution in [0.25, 0.3) is 0 Å². The number of hydrogen-bond donors (Lipinski definition) is 0. The predicted molar refractivity (Wildman–Crippen MR) is 39.7 cm³/mol. The van der Waals surface area contributed by atoms with Gasteiger partial charge in [-0.1, -0.05) is 19.4 Å². The van der Waals surface area contributed by atoms with Crippen LogP contribution >= 0.6 is 0 Å². The molecule has 0 bridgehead atoms. The molecule has 0 N–H and O–H groups in total. The Kier molecular flexibility index (Phi) is 2.22. The van der Waals surface area contributed by atoms with Gasteiger partial charge in [-0.25, -0.2) is 8.78 Å².